The number of fused-ring (bicyclic) bond motifs is 1. The summed E-state index contributed by atoms with van der Waals surface area (Å²) in [6.45, 7) is 6.05. The van der Waals surface area contributed by atoms with Gasteiger partial charge in [-0.05, 0) is 19.4 Å². The van der Waals surface area contributed by atoms with Crippen molar-refractivity contribution in [3.05, 3.63) is 65.1 Å². The molecule has 0 bridgehead atoms. The summed E-state index contributed by atoms with van der Waals surface area (Å²) in [5, 5.41) is 13.1. The number of alkyl halides is 2. The molecule has 3 rings (SSSR count). The first-order valence-corrected chi connectivity index (χ1v) is 10.5. The molecule has 0 aliphatic carbocycles. The Morgan fingerprint density at radius 1 is 0.933 bits per heavy atom. The molecule has 0 fully saturated rings. The Hall–Kier alpha value is -2.63. The maximum absolute atomic E-state index is 14.7. The Labute approximate surface area is 175 Å². The van der Waals surface area contributed by atoms with Crippen molar-refractivity contribution in [1.29, 1.82) is 0 Å². The van der Waals surface area contributed by atoms with Gasteiger partial charge in [0.2, 0.25) is 0 Å². The third-order valence-electron chi connectivity index (χ3n) is 5.52. The number of rotatable bonds is 9. The van der Waals surface area contributed by atoms with Crippen molar-refractivity contribution in [2.45, 2.75) is 64.8 Å². The molecule has 0 saturated carbocycles. The van der Waals surface area contributed by atoms with E-state index in [1.165, 1.54) is 6.07 Å². The molecule has 0 aliphatic heterocycles. The Morgan fingerprint density at radius 3 is 2.40 bits per heavy atom. The van der Waals surface area contributed by atoms with E-state index in [2.05, 4.69) is 29.4 Å². The van der Waals surface area contributed by atoms with E-state index in [9.17, 15) is 13.2 Å². The summed E-state index contributed by atoms with van der Waals surface area (Å²) < 4.78 is 41.0. The first-order chi connectivity index (χ1) is 14.4. The second-order valence-electron chi connectivity index (χ2n) is 7.79. The molecule has 0 radical (unpaired) electrons. The summed E-state index contributed by atoms with van der Waals surface area (Å²) >= 11 is 0. The monoisotopic (exact) mass is 415 g/mol. The average Bonchev–Trinajstić information content (AvgIpc) is 2.73. The molecule has 3 aromatic rings. The summed E-state index contributed by atoms with van der Waals surface area (Å²) in [6.07, 6.45) is 1.49. The van der Waals surface area contributed by atoms with Gasteiger partial charge in [0.25, 0.3) is 6.43 Å². The third-order valence-corrected chi connectivity index (χ3v) is 5.52. The highest BCUT2D eigenvalue weighted by Crippen LogP contribution is 2.35. The van der Waals surface area contributed by atoms with Crippen molar-refractivity contribution in [2.75, 3.05) is 5.32 Å². The lowest BCUT2D eigenvalue weighted by Gasteiger charge is -2.23. The van der Waals surface area contributed by atoms with Crippen molar-refractivity contribution in [3.63, 3.8) is 0 Å². The first kappa shape index (κ1) is 22.1. The molecule has 0 saturated heterocycles. The average molecular weight is 416 g/mol. The molecular formula is C24H28F3N3. The molecule has 30 heavy (non-hydrogen) atoms. The van der Waals surface area contributed by atoms with Gasteiger partial charge in [0.15, 0.2) is 0 Å². The van der Waals surface area contributed by atoms with E-state index in [0.29, 0.717) is 0 Å². The fourth-order valence-electron chi connectivity index (χ4n) is 3.77. The number of benzene rings is 2. The highest BCUT2D eigenvalue weighted by atomic mass is 19.3. The largest absolute Gasteiger partial charge is 0.376 e. The molecule has 6 heteroatoms. The Kier molecular flexibility index (Phi) is 7.29. The lowest BCUT2D eigenvalue weighted by Crippen LogP contribution is -2.14. The van der Waals surface area contributed by atoms with E-state index in [0.717, 1.165) is 54.0 Å². The second kappa shape index (κ2) is 9.92. The number of aromatic nitrogens is 2. The van der Waals surface area contributed by atoms with E-state index < -0.39 is 23.8 Å². The standard InChI is InChI=1S/C24H28F3N3/c1-4-5-6-10-15(2)22-23(18-11-7-8-14-20(18)29-30-22)28-16(3)17-12-9-13-19(21(17)25)24(26)27/h7-9,11-16,24H,4-6,10H2,1-3H3,(H,28,29)/t15?,16-/m1/s1. The fourth-order valence-corrected chi connectivity index (χ4v) is 3.77. The van der Waals surface area contributed by atoms with Gasteiger partial charge in [-0.1, -0.05) is 69.5 Å². The van der Waals surface area contributed by atoms with Crippen LogP contribution in [0.25, 0.3) is 10.9 Å². The van der Waals surface area contributed by atoms with Gasteiger partial charge in [-0.3, -0.25) is 0 Å². The topological polar surface area (TPSA) is 37.8 Å². The van der Waals surface area contributed by atoms with Crippen LogP contribution in [-0.4, -0.2) is 10.2 Å². The van der Waals surface area contributed by atoms with Crippen LogP contribution < -0.4 is 5.32 Å². The SMILES string of the molecule is CCCCCC(C)c1nnc2ccccc2c1N[C@H](C)c1cccc(C(F)F)c1F. The van der Waals surface area contributed by atoms with Crippen molar-refractivity contribution >= 4 is 16.6 Å². The van der Waals surface area contributed by atoms with E-state index in [-0.39, 0.29) is 11.5 Å². The molecule has 1 unspecified atom stereocenters. The van der Waals surface area contributed by atoms with Gasteiger partial charge in [0, 0.05) is 16.9 Å². The minimum Gasteiger partial charge on any atom is -0.376 e. The number of nitrogens with one attached hydrogen (secondary N) is 1. The molecule has 0 amide bonds. The quantitative estimate of drug-likeness (QED) is 0.366. The van der Waals surface area contributed by atoms with Crippen molar-refractivity contribution in [1.82, 2.24) is 10.2 Å². The highest BCUT2D eigenvalue weighted by Gasteiger charge is 2.22. The fraction of sp³-hybridized carbons (Fsp3) is 0.417. The summed E-state index contributed by atoms with van der Waals surface area (Å²) in [5.74, 6) is -0.697. The van der Waals surface area contributed by atoms with Crippen LogP contribution in [-0.2, 0) is 0 Å². The third kappa shape index (κ3) is 4.74. The molecule has 0 aliphatic rings. The van der Waals surface area contributed by atoms with Crippen molar-refractivity contribution < 1.29 is 13.2 Å². The van der Waals surface area contributed by atoms with Gasteiger partial charge in [0.05, 0.1) is 28.5 Å². The minimum absolute atomic E-state index is 0.167. The van der Waals surface area contributed by atoms with Crippen LogP contribution in [0, 0.1) is 5.82 Å². The number of unbranched alkanes of at least 4 members (excludes halogenated alkanes) is 2. The first-order valence-electron chi connectivity index (χ1n) is 10.5. The molecule has 1 heterocycles. The van der Waals surface area contributed by atoms with E-state index in [1.807, 2.05) is 24.3 Å². The summed E-state index contributed by atoms with van der Waals surface area (Å²) in [5.41, 5.74) is 1.98. The van der Waals surface area contributed by atoms with Crippen molar-refractivity contribution in [2.24, 2.45) is 0 Å². The van der Waals surface area contributed by atoms with Crippen LogP contribution in [0.2, 0.25) is 0 Å². The van der Waals surface area contributed by atoms with E-state index >= 15 is 0 Å². The minimum atomic E-state index is -2.85. The zero-order valence-electron chi connectivity index (χ0n) is 17.6. The van der Waals surface area contributed by atoms with Crippen LogP contribution in [0.4, 0.5) is 18.9 Å². The van der Waals surface area contributed by atoms with Crippen LogP contribution in [0.5, 0.6) is 0 Å². The number of hydrogen-bond acceptors (Lipinski definition) is 3. The Bertz CT molecular complexity index is 991. The number of halogens is 3. The molecule has 160 valence electrons. The van der Waals surface area contributed by atoms with Crippen LogP contribution in [0.15, 0.2) is 42.5 Å². The molecule has 1 N–H and O–H groups in total. The summed E-state index contributed by atoms with van der Waals surface area (Å²) in [6, 6.07) is 11.3. The number of hydrogen-bond donors (Lipinski definition) is 1. The maximum atomic E-state index is 14.7. The lowest BCUT2D eigenvalue weighted by molar-refractivity contribution is 0.146. The Morgan fingerprint density at radius 2 is 1.67 bits per heavy atom. The molecule has 2 atom stereocenters. The molecular weight excluding hydrogens is 387 g/mol. The van der Waals surface area contributed by atoms with Gasteiger partial charge in [0.1, 0.15) is 5.82 Å². The van der Waals surface area contributed by atoms with E-state index in [1.54, 1.807) is 13.0 Å². The van der Waals surface area contributed by atoms with Gasteiger partial charge in [-0.2, -0.15) is 10.2 Å². The summed E-state index contributed by atoms with van der Waals surface area (Å²) in [4.78, 5) is 0. The van der Waals surface area contributed by atoms with Gasteiger partial charge in [-0.25, -0.2) is 13.2 Å². The second-order valence-corrected chi connectivity index (χ2v) is 7.79. The van der Waals surface area contributed by atoms with Crippen molar-refractivity contribution in [3.8, 4) is 0 Å². The predicted octanol–water partition coefficient (Wildman–Crippen LogP) is 7.56. The highest BCUT2D eigenvalue weighted by molar-refractivity contribution is 5.92. The molecule has 2 aromatic carbocycles. The molecule has 3 nitrogen and oxygen atoms in total. The predicted molar refractivity (Wildman–Crippen MR) is 115 cm³/mol. The summed E-state index contributed by atoms with van der Waals surface area (Å²) in [7, 11) is 0. The zero-order chi connectivity index (χ0) is 21.7. The molecule has 0 spiro atoms. The lowest BCUT2D eigenvalue weighted by atomic mass is 9.96. The zero-order valence-corrected chi connectivity index (χ0v) is 17.6. The maximum Gasteiger partial charge on any atom is 0.266 e. The smallest absolute Gasteiger partial charge is 0.266 e. The number of nitrogens with zero attached hydrogens (tertiary/aromatic N) is 2. The van der Waals surface area contributed by atoms with E-state index in [4.69, 9.17) is 0 Å². The molecule has 1 aromatic heterocycles. The van der Waals surface area contributed by atoms with Crippen LogP contribution >= 0.6 is 0 Å². The van der Waals surface area contributed by atoms with Gasteiger partial charge in [-0.15, -0.1) is 0 Å². The van der Waals surface area contributed by atoms with Crippen LogP contribution in [0.1, 0.15) is 81.7 Å². The van der Waals surface area contributed by atoms with Gasteiger partial charge < -0.3 is 5.32 Å². The number of anilines is 1. The Balaban J connectivity index is 1.99. The van der Waals surface area contributed by atoms with Gasteiger partial charge >= 0.3 is 0 Å². The normalized spacial score (nSPS) is 13.6. The van der Waals surface area contributed by atoms with Crippen LogP contribution in [0.3, 0.4) is 0 Å².